The molecule has 222 valence electrons. The number of hydrogen-bond acceptors (Lipinski definition) is 3. The number of pyridine rings is 1. The van der Waals surface area contributed by atoms with E-state index in [4.69, 9.17) is 9.97 Å². The summed E-state index contributed by atoms with van der Waals surface area (Å²) in [6.07, 6.45) is 3.65. The Morgan fingerprint density at radius 3 is 1.81 bits per heavy atom. The molecular formula is C44H31N3. The molecule has 3 heteroatoms. The van der Waals surface area contributed by atoms with E-state index in [2.05, 4.69) is 128 Å². The molecule has 6 aromatic carbocycles. The van der Waals surface area contributed by atoms with Gasteiger partial charge in [-0.15, -0.1) is 0 Å². The molecule has 8 aromatic rings. The molecule has 0 saturated carbocycles. The fourth-order valence-electron chi connectivity index (χ4n) is 7.68. The van der Waals surface area contributed by atoms with Gasteiger partial charge in [-0.2, -0.15) is 0 Å². The van der Waals surface area contributed by atoms with E-state index in [-0.39, 0.29) is 5.41 Å². The van der Waals surface area contributed by atoms with Gasteiger partial charge in [0.15, 0.2) is 5.82 Å². The minimum absolute atomic E-state index is 0.173. The first-order valence-corrected chi connectivity index (χ1v) is 16.1. The third-order valence-electron chi connectivity index (χ3n) is 9.74. The molecule has 0 unspecified atom stereocenters. The summed E-state index contributed by atoms with van der Waals surface area (Å²) in [6.45, 7) is 4.76. The fourth-order valence-corrected chi connectivity index (χ4v) is 7.68. The van der Waals surface area contributed by atoms with Crippen LogP contribution < -0.4 is 0 Å². The minimum atomic E-state index is -0.173. The average Bonchev–Trinajstić information content (AvgIpc) is 3.38. The molecule has 0 N–H and O–H groups in total. The van der Waals surface area contributed by atoms with Crippen LogP contribution in [0.4, 0.5) is 0 Å². The van der Waals surface area contributed by atoms with Crippen molar-refractivity contribution in [3.63, 3.8) is 0 Å². The lowest BCUT2D eigenvalue weighted by atomic mass is 9.77. The molecule has 0 spiro atoms. The Kier molecular flexibility index (Phi) is 6.16. The van der Waals surface area contributed by atoms with E-state index >= 15 is 0 Å². The molecule has 0 radical (unpaired) electrons. The van der Waals surface area contributed by atoms with Gasteiger partial charge < -0.3 is 0 Å². The van der Waals surface area contributed by atoms with Crippen LogP contribution in [0.15, 0.2) is 152 Å². The number of fused-ring (bicyclic) bond motifs is 6. The highest BCUT2D eigenvalue weighted by molar-refractivity contribution is 6.07. The zero-order valence-electron chi connectivity index (χ0n) is 26.3. The van der Waals surface area contributed by atoms with Crippen molar-refractivity contribution in [2.45, 2.75) is 19.3 Å². The van der Waals surface area contributed by atoms with Crippen molar-refractivity contribution in [3.05, 3.63) is 163 Å². The zero-order valence-corrected chi connectivity index (χ0v) is 26.3. The standard InChI is InChI=1S/C44H31N3/c1-44(2)41-31-16-7-6-12-28(31)21-22-37(41)36-20-10-19-35(42(36)44)34-23-24-38(33-18-9-8-17-32(33)34)43-46-39(29-13-4-3-5-14-29)26-40(47-43)30-15-11-25-45-27-30/h3-27H,1-2H3. The van der Waals surface area contributed by atoms with Crippen molar-refractivity contribution >= 4 is 21.5 Å². The SMILES string of the molecule is CC1(C)c2c(cccc2-c2ccc(-c3nc(-c4ccccc4)cc(-c4cccnc4)n3)c3ccccc23)-c2ccc3ccccc3c21. The zero-order chi connectivity index (χ0) is 31.5. The minimum Gasteiger partial charge on any atom is -0.264 e. The monoisotopic (exact) mass is 601 g/mol. The van der Waals surface area contributed by atoms with Crippen molar-refractivity contribution in [2.75, 3.05) is 0 Å². The van der Waals surface area contributed by atoms with Gasteiger partial charge in [0.2, 0.25) is 0 Å². The first-order valence-electron chi connectivity index (χ1n) is 16.1. The molecule has 0 bridgehead atoms. The van der Waals surface area contributed by atoms with E-state index in [1.54, 1.807) is 6.20 Å². The summed E-state index contributed by atoms with van der Waals surface area (Å²) in [7, 11) is 0. The van der Waals surface area contributed by atoms with Gasteiger partial charge in [-0.3, -0.25) is 4.98 Å². The van der Waals surface area contributed by atoms with Crippen LogP contribution in [0.25, 0.3) is 77.7 Å². The van der Waals surface area contributed by atoms with E-state index in [0.717, 1.165) is 33.5 Å². The molecule has 0 aliphatic heterocycles. The highest BCUT2D eigenvalue weighted by Crippen LogP contribution is 2.55. The lowest BCUT2D eigenvalue weighted by Gasteiger charge is -2.26. The molecule has 0 saturated heterocycles. The van der Waals surface area contributed by atoms with Gasteiger partial charge >= 0.3 is 0 Å². The number of hydrogen-bond donors (Lipinski definition) is 0. The van der Waals surface area contributed by atoms with Crippen molar-refractivity contribution < 1.29 is 0 Å². The second kappa shape index (κ2) is 10.6. The second-order valence-electron chi connectivity index (χ2n) is 12.8. The third kappa shape index (κ3) is 4.31. The van der Waals surface area contributed by atoms with E-state index in [1.807, 2.05) is 36.5 Å². The summed E-state index contributed by atoms with van der Waals surface area (Å²) in [5, 5.41) is 4.93. The van der Waals surface area contributed by atoms with Gasteiger partial charge in [-0.25, -0.2) is 9.97 Å². The molecule has 1 aliphatic rings. The maximum absolute atomic E-state index is 5.16. The Bertz CT molecular complexity index is 2420. The van der Waals surface area contributed by atoms with Gasteiger partial charge in [0.05, 0.1) is 11.4 Å². The molecule has 47 heavy (non-hydrogen) atoms. The lowest BCUT2D eigenvalue weighted by molar-refractivity contribution is 0.668. The van der Waals surface area contributed by atoms with Crippen molar-refractivity contribution in [1.29, 1.82) is 0 Å². The summed E-state index contributed by atoms with van der Waals surface area (Å²) >= 11 is 0. The quantitative estimate of drug-likeness (QED) is 0.201. The van der Waals surface area contributed by atoms with Gasteiger partial charge in [0, 0.05) is 34.5 Å². The molecule has 1 aliphatic carbocycles. The number of aromatic nitrogens is 3. The normalized spacial score (nSPS) is 13.1. The van der Waals surface area contributed by atoms with E-state index in [0.29, 0.717) is 5.82 Å². The molecule has 0 fully saturated rings. The average molecular weight is 602 g/mol. The smallest absolute Gasteiger partial charge is 0.161 e. The van der Waals surface area contributed by atoms with Crippen LogP contribution in [0.2, 0.25) is 0 Å². The molecular weight excluding hydrogens is 571 g/mol. The molecule has 2 aromatic heterocycles. The molecule has 3 nitrogen and oxygen atoms in total. The van der Waals surface area contributed by atoms with E-state index in [1.165, 1.54) is 49.5 Å². The van der Waals surface area contributed by atoms with Crippen LogP contribution in [0, 0.1) is 0 Å². The highest BCUT2D eigenvalue weighted by atomic mass is 14.9. The molecule has 0 atom stereocenters. The van der Waals surface area contributed by atoms with Gasteiger partial charge in [-0.05, 0) is 79.2 Å². The lowest BCUT2D eigenvalue weighted by Crippen LogP contribution is -2.17. The summed E-state index contributed by atoms with van der Waals surface area (Å²) < 4.78 is 0. The molecule has 9 rings (SSSR count). The summed E-state index contributed by atoms with van der Waals surface area (Å²) in [5.41, 5.74) is 12.5. The van der Waals surface area contributed by atoms with Gasteiger partial charge in [0.25, 0.3) is 0 Å². The van der Waals surface area contributed by atoms with Crippen molar-refractivity contribution in [1.82, 2.24) is 15.0 Å². The van der Waals surface area contributed by atoms with Crippen LogP contribution in [-0.2, 0) is 5.41 Å². The van der Waals surface area contributed by atoms with Crippen molar-refractivity contribution in [3.8, 4) is 56.2 Å². The van der Waals surface area contributed by atoms with Crippen LogP contribution >= 0.6 is 0 Å². The van der Waals surface area contributed by atoms with E-state index < -0.39 is 0 Å². The maximum Gasteiger partial charge on any atom is 0.161 e. The summed E-state index contributed by atoms with van der Waals surface area (Å²) in [5.74, 6) is 0.699. The Labute approximate surface area is 274 Å². The first kappa shape index (κ1) is 27.4. The van der Waals surface area contributed by atoms with Crippen molar-refractivity contribution in [2.24, 2.45) is 0 Å². The van der Waals surface area contributed by atoms with Crippen LogP contribution in [0.1, 0.15) is 25.0 Å². The fraction of sp³-hybridized carbons (Fsp3) is 0.0682. The van der Waals surface area contributed by atoms with E-state index in [9.17, 15) is 0 Å². The predicted octanol–water partition coefficient (Wildman–Crippen LogP) is 11.2. The topological polar surface area (TPSA) is 38.7 Å². The van der Waals surface area contributed by atoms with Gasteiger partial charge in [-0.1, -0.05) is 129 Å². The predicted molar refractivity (Wildman–Crippen MR) is 194 cm³/mol. The number of nitrogens with zero attached hydrogens (tertiary/aromatic N) is 3. The second-order valence-corrected chi connectivity index (χ2v) is 12.8. The summed E-state index contributed by atoms with van der Waals surface area (Å²) in [4.78, 5) is 14.7. The summed E-state index contributed by atoms with van der Waals surface area (Å²) in [6, 6.07) is 49.7. The Morgan fingerprint density at radius 2 is 1.04 bits per heavy atom. The Hall–Kier alpha value is -5.93. The maximum atomic E-state index is 5.16. The molecule has 2 heterocycles. The number of benzene rings is 6. The van der Waals surface area contributed by atoms with Crippen LogP contribution in [0.3, 0.4) is 0 Å². The third-order valence-corrected chi connectivity index (χ3v) is 9.74. The largest absolute Gasteiger partial charge is 0.264 e. The molecule has 0 amide bonds. The Balaban J connectivity index is 1.26. The highest BCUT2D eigenvalue weighted by Gasteiger charge is 2.39. The van der Waals surface area contributed by atoms with Crippen LogP contribution in [-0.4, -0.2) is 15.0 Å². The van der Waals surface area contributed by atoms with Crippen LogP contribution in [0.5, 0.6) is 0 Å². The number of rotatable bonds is 4. The van der Waals surface area contributed by atoms with Gasteiger partial charge in [0.1, 0.15) is 0 Å². The Morgan fingerprint density at radius 1 is 0.447 bits per heavy atom. The first-order chi connectivity index (χ1) is 23.1.